The van der Waals surface area contributed by atoms with E-state index in [9.17, 15) is 4.79 Å². The van der Waals surface area contributed by atoms with Gasteiger partial charge in [-0.25, -0.2) is 19.3 Å². The van der Waals surface area contributed by atoms with Crippen LogP contribution < -0.4 is 15.1 Å². The molecule has 0 unspecified atom stereocenters. The van der Waals surface area contributed by atoms with Crippen molar-refractivity contribution in [3.63, 3.8) is 0 Å². The van der Waals surface area contributed by atoms with Crippen molar-refractivity contribution in [3.8, 4) is 0 Å². The maximum absolute atomic E-state index is 12.4. The zero-order chi connectivity index (χ0) is 24.2. The van der Waals surface area contributed by atoms with Crippen molar-refractivity contribution in [2.24, 2.45) is 0 Å². The number of imidazole rings is 1. The molecular weight excluding hydrogens is 442 g/mol. The van der Waals surface area contributed by atoms with E-state index >= 15 is 0 Å². The lowest BCUT2D eigenvalue weighted by atomic mass is 10.2. The summed E-state index contributed by atoms with van der Waals surface area (Å²) in [4.78, 5) is 25.4. The van der Waals surface area contributed by atoms with Crippen molar-refractivity contribution in [3.05, 3.63) is 102 Å². The number of benzene rings is 1. The molecule has 0 radical (unpaired) electrons. The van der Waals surface area contributed by atoms with Gasteiger partial charge in [0.1, 0.15) is 5.82 Å². The van der Waals surface area contributed by atoms with Crippen LogP contribution in [0.25, 0.3) is 5.65 Å². The highest BCUT2D eigenvalue weighted by Gasteiger charge is 2.20. The summed E-state index contributed by atoms with van der Waals surface area (Å²) in [6, 6.07) is 17.9. The molecule has 9 heteroatoms. The molecule has 4 aromatic rings. The fourth-order valence-corrected chi connectivity index (χ4v) is 3.96. The lowest BCUT2D eigenvalue weighted by Gasteiger charge is -2.25. The summed E-state index contributed by atoms with van der Waals surface area (Å²) < 4.78 is 6.47. The highest BCUT2D eigenvalue weighted by atomic mass is 16.5. The number of anilines is 3. The van der Waals surface area contributed by atoms with Gasteiger partial charge < -0.3 is 19.9 Å². The Labute approximate surface area is 203 Å². The number of rotatable bonds is 7. The second kappa shape index (κ2) is 9.68. The second-order valence-electron chi connectivity index (χ2n) is 8.10. The molecule has 0 spiro atoms. The molecule has 1 aliphatic heterocycles. The third kappa shape index (κ3) is 4.70. The average molecular weight is 468 g/mol. The first-order chi connectivity index (χ1) is 17.1. The van der Waals surface area contributed by atoms with Crippen molar-refractivity contribution >= 4 is 28.9 Å². The van der Waals surface area contributed by atoms with Gasteiger partial charge in [-0.15, -0.1) is 5.10 Å². The van der Waals surface area contributed by atoms with Gasteiger partial charge in [-0.1, -0.05) is 36.4 Å². The fourth-order valence-electron chi connectivity index (χ4n) is 3.96. The van der Waals surface area contributed by atoms with Crippen LogP contribution in [-0.4, -0.2) is 46.3 Å². The standard InChI is InChI=1S/C26H25N7O2/c1-31(17-19-9-4-3-5-10-19)21-15-23(30-33-22(26(34)35-2)16-28-25(21)33)29-20-11-8-14-32(18-20)24-12-6-7-13-27-24/h3-16H,17-18H2,1-2H3,(H,29,30). The summed E-state index contributed by atoms with van der Waals surface area (Å²) in [5.74, 6) is 0.934. The van der Waals surface area contributed by atoms with Crippen LogP contribution in [0.4, 0.5) is 17.3 Å². The summed E-state index contributed by atoms with van der Waals surface area (Å²) in [5.41, 5.74) is 3.75. The Morgan fingerprint density at radius 2 is 1.97 bits per heavy atom. The Morgan fingerprint density at radius 3 is 2.74 bits per heavy atom. The third-order valence-corrected chi connectivity index (χ3v) is 5.65. The molecule has 176 valence electrons. The summed E-state index contributed by atoms with van der Waals surface area (Å²) >= 11 is 0. The highest BCUT2D eigenvalue weighted by molar-refractivity contribution is 5.89. The maximum Gasteiger partial charge on any atom is 0.358 e. The molecule has 3 aromatic heterocycles. The van der Waals surface area contributed by atoms with Crippen LogP contribution in [0.2, 0.25) is 0 Å². The molecule has 35 heavy (non-hydrogen) atoms. The van der Waals surface area contributed by atoms with Gasteiger partial charge in [0, 0.05) is 37.8 Å². The molecule has 1 aliphatic rings. The van der Waals surface area contributed by atoms with Crippen LogP contribution in [0, 0.1) is 0 Å². The minimum atomic E-state index is -0.500. The van der Waals surface area contributed by atoms with E-state index in [1.807, 2.05) is 72.8 Å². The minimum Gasteiger partial charge on any atom is -0.464 e. The van der Waals surface area contributed by atoms with Crippen molar-refractivity contribution in [2.45, 2.75) is 6.54 Å². The van der Waals surface area contributed by atoms with E-state index < -0.39 is 5.97 Å². The number of hydrogen-bond donors (Lipinski definition) is 1. The molecule has 0 atom stereocenters. The molecule has 0 bridgehead atoms. The number of esters is 1. The molecule has 0 amide bonds. The van der Waals surface area contributed by atoms with Crippen LogP contribution in [0.1, 0.15) is 16.1 Å². The van der Waals surface area contributed by atoms with Crippen LogP contribution in [-0.2, 0) is 11.3 Å². The predicted octanol–water partition coefficient (Wildman–Crippen LogP) is 3.88. The normalized spacial score (nSPS) is 13.0. The molecular formula is C26H25N7O2. The molecule has 0 saturated carbocycles. The number of ether oxygens (including phenoxy) is 1. The van der Waals surface area contributed by atoms with E-state index in [0.29, 0.717) is 24.6 Å². The van der Waals surface area contributed by atoms with Crippen LogP contribution in [0.3, 0.4) is 0 Å². The Kier molecular flexibility index (Phi) is 6.13. The number of hydrogen-bond acceptors (Lipinski definition) is 8. The van der Waals surface area contributed by atoms with Crippen molar-refractivity contribution < 1.29 is 9.53 Å². The van der Waals surface area contributed by atoms with E-state index in [4.69, 9.17) is 4.74 Å². The highest BCUT2D eigenvalue weighted by Crippen LogP contribution is 2.26. The number of carbonyl (C=O) groups excluding carboxylic acids is 1. The summed E-state index contributed by atoms with van der Waals surface area (Å²) in [6.07, 6.45) is 9.19. The molecule has 4 heterocycles. The first-order valence-electron chi connectivity index (χ1n) is 11.2. The molecule has 0 saturated heterocycles. The van der Waals surface area contributed by atoms with E-state index in [-0.39, 0.29) is 5.69 Å². The van der Waals surface area contributed by atoms with Crippen LogP contribution >= 0.6 is 0 Å². The minimum absolute atomic E-state index is 0.258. The van der Waals surface area contributed by atoms with Crippen molar-refractivity contribution in [1.29, 1.82) is 0 Å². The van der Waals surface area contributed by atoms with Gasteiger partial charge in [-0.05, 0) is 29.8 Å². The van der Waals surface area contributed by atoms with E-state index in [0.717, 1.165) is 22.8 Å². The summed E-state index contributed by atoms with van der Waals surface area (Å²) in [5, 5.41) is 8.07. The summed E-state index contributed by atoms with van der Waals surface area (Å²) in [6.45, 7) is 1.26. The SMILES string of the molecule is COC(=O)c1cnc2c(N(C)Cc3ccccc3)cc(NC3=CC=CN(c4ccccn4)C3)nn12. The van der Waals surface area contributed by atoms with Gasteiger partial charge in [0.15, 0.2) is 17.2 Å². The number of carbonyl (C=O) groups is 1. The van der Waals surface area contributed by atoms with Gasteiger partial charge in [0.2, 0.25) is 0 Å². The molecule has 0 aliphatic carbocycles. The molecule has 1 aromatic carbocycles. The van der Waals surface area contributed by atoms with Crippen molar-refractivity contribution in [1.82, 2.24) is 19.6 Å². The second-order valence-corrected chi connectivity index (χ2v) is 8.10. The number of pyridine rings is 1. The van der Waals surface area contributed by atoms with E-state index in [1.165, 1.54) is 17.8 Å². The summed E-state index contributed by atoms with van der Waals surface area (Å²) in [7, 11) is 3.33. The first kappa shape index (κ1) is 22.1. The lowest BCUT2D eigenvalue weighted by molar-refractivity contribution is 0.0591. The van der Waals surface area contributed by atoms with Gasteiger partial charge in [0.05, 0.1) is 25.5 Å². The monoisotopic (exact) mass is 467 g/mol. The zero-order valence-electron chi connectivity index (χ0n) is 19.5. The topological polar surface area (TPSA) is 87.9 Å². The van der Waals surface area contributed by atoms with E-state index in [2.05, 4.69) is 37.4 Å². The quantitative estimate of drug-likeness (QED) is 0.410. The molecule has 5 rings (SSSR count). The number of nitrogens with one attached hydrogen (secondary N) is 1. The number of fused-ring (bicyclic) bond motifs is 1. The van der Waals surface area contributed by atoms with Crippen LogP contribution in [0.15, 0.2) is 91.0 Å². The first-order valence-corrected chi connectivity index (χ1v) is 11.2. The fraction of sp³-hybridized carbons (Fsp3) is 0.154. The Morgan fingerprint density at radius 1 is 1.14 bits per heavy atom. The van der Waals surface area contributed by atoms with Gasteiger partial charge in [-0.2, -0.15) is 0 Å². The number of aromatic nitrogens is 4. The van der Waals surface area contributed by atoms with Crippen LogP contribution in [0.5, 0.6) is 0 Å². The third-order valence-electron chi connectivity index (χ3n) is 5.65. The molecule has 9 nitrogen and oxygen atoms in total. The molecule has 1 N–H and O–H groups in total. The number of allylic oxidation sites excluding steroid dienone is 2. The largest absolute Gasteiger partial charge is 0.464 e. The smallest absolute Gasteiger partial charge is 0.358 e. The van der Waals surface area contributed by atoms with E-state index in [1.54, 1.807) is 6.20 Å². The maximum atomic E-state index is 12.4. The van der Waals surface area contributed by atoms with Gasteiger partial charge in [-0.3, -0.25) is 0 Å². The average Bonchev–Trinajstić information content (AvgIpc) is 3.33. The lowest BCUT2D eigenvalue weighted by Crippen LogP contribution is -2.26. The van der Waals surface area contributed by atoms with Crippen molar-refractivity contribution in [2.75, 3.05) is 35.8 Å². The Hall–Kier alpha value is -4.66. The molecule has 0 fully saturated rings. The predicted molar refractivity (Wildman–Crippen MR) is 135 cm³/mol. The van der Waals surface area contributed by atoms with Gasteiger partial charge in [0.25, 0.3) is 0 Å². The Bertz CT molecular complexity index is 1400. The number of nitrogens with zero attached hydrogens (tertiary/aromatic N) is 6. The Balaban J connectivity index is 1.48. The van der Waals surface area contributed by atoms with Gasteiger partial charge >= 0.3 is 5.97 Å². The number of methoxy groups -OCH3 is 1. The zero-order valence-corrected chi connectivity index (χ0v) is 19.5.